The molecule has 1 aromatic heterocycles. The van der Waals surface area contributed by atoms with E-state index in [0.717, 1.165) is 6.42 Å². The Labute approximate surface area is 118 Å². The first-order valence-corrected chi connectivity index (χ1v) is 6.36. The quantitative estimate of drug-likeness (QED) is 0.852. The second-order valence-electron chi connectivity index (χ2n) is 4.51. The van der Waals surface area contributed by atoms with E-state index in [1.165, 1.54) is 11.8 Å². The molecule has 0 atom stereocenters. The second kappa shape index (κ2) is 6.48. The van der Waals surface area contributed by atoms with Gasteiger partial charge in [0.2, 0.25) is 0 Å². The Kier molecular flexibility index (Phi) is 4.46. The van der Waals surface area contributed by atoms with Gasteiger partial charge in [-0.1, -0.05) is 30.3 Å². The molecule has 0 aliphatic rings. The summed E-state index contributed by atoms with van der Waals surface area (Å²) in [6.07, 6.45) is 2.22. The number of amides is 1. The summed E-state index contributed by atoms with van der Waals surface area (Å²) >= 11 is 0. The Morgan fingerprint density at radius 3 is 2.60 bits per heavy atom. The van der Waals surface area contributed by atoms with Crippen LogP contribution in [0.5, 0.6) is 0 Å². The highest BCUT2D eigenvalue weighted by atomic mass is 16.2. The van der Waals surface area contributed by atoms with Crippen molar-refractivity contribution in [3.8, 4) is 6.07 Å². The Morgan fingerprint density at radius 1 is 1.25 bits per heavy atom. The van der Waals surface area contributed by atoms with Gasteiger partial charge in [0.1, 0.15) is 11.8 Å². The van der Waals surface area contributed by atoms with Crippen LogP contribution in [0, 0.1) is 11.3 Å². The van der Waals surface area contributed by atoms with Crippen LogP contribution in [0.3, 0.4) is 0 Å². The zero-order valence-corrected chi connectivity index (χ0v) is 11.3. The molecular formula is C16H15N3O. The number of hydrogen-bond donors (Lipinski definition) is 0. The highest BCUT2D eigenvalue weighted by Crippen LogP contribution is 2.05. The van der Waals surface area contributed by atoms with Crippen molar-refractivity contribution in [2.75, 3.05) is 13.6 Å². The van der Waals surface area contributed by atoms with E-state index in [4.69, 9.17) is 5.26 Å². The SMILES string of the molecule is CN(CCc1ccccc1)C(=O)c1ccc(C#N)cn1. The van der Waals surface area contributed by atoms with Gasteiger partial charge in [-0.05, 0) is 24.1 Å². The van der Waals surface area contributed by atoms with Gasteiger partial charge in [-0.15, -0.1) is 0 Å². The summed E-state index contributed by atoms with van der Waals surface area (Å²) in [4.78, 5) is 17.8. The predicted molar refractivity (Wildman–Crippen MR) is 76.1 cm³/mol. The number of carbonyl (C=O) groups is 1. The summed E-state index contributed by atoms with van der Waals surface area (Å²) in [5, 5.41) is 8.70. The zero-order chi connectivity index (χ0) is 14.4. The molecule has 0 aliphatic carbocycles. The largest absolute Gasteiger partial charge is 0.340 e. The van der Waals surface area contributed by atoms with Gasteiger partial charge in [0.25, 0.3) is 5.91 Å². The molecule has 0 unspecified atom stereocenters. The van der Waals surface area contributed by atoms with E-state index < -0.39 is 0 Å². The summed E-state index contributed by atoms with van der Waals surface area (Å²) < 4.78 is 0. The van der Waals surface area contributed by atoms with Crippen molar-refractivity contribution in [2.24, 2.45) is 0 Å². The Hall–Kier alpha value is -2.67. The first-order valence-electron chi connectivity index (χ1n) is 6.36. The van der Waals surface area contributed by atoms with Crippen molar-refractivity contribution < 1.29 is 4.79 Å². The molecule has 4 nitrogen and oxygen atoms in total. The third-order valence-electron chi connectivity index (χ3n) is 3.04. The number of aromatic nitrogens is 1. The number of nitriles is 1. The van der Waals surface area contributed by atoms with Gasteiger partial charge < -0.3 is 4.90 Å². The molecule has 0 aliphatic heterocycles. The van der Waals surface area contributed by atoms with Crippen molar-refractivity contribution in [3.63, 3.8) is 0 Å². The number of nitrogens with zero attached hydrogens (tertiary/aromatic N) is 3. The number of carbonyl (C=O) groups excluding carboxylic acids is 1. The van der Waals surface area contributed by atoms with E-state index in [1.54, 1.807) is 24.1 Å². The van der Waals surface area contributed by atoms with Crippen molar-refractivity contribution >= 4 is 5.91 Å². The molecule has 0 N–H and O–H groups in total. The lowest BCUT2D eigenvalue weighted by Gasteiger charge is -2.16. The molecule has 100 valence electrons. The second-order valence-corrected chi connectivity index (χ2v) is 4.51. The van der Waals surface area contributed by atoms with Gasteiger partial charge in [0.15, 0.2) is 0 Å². The van der Waals surface area contributed by atoms with Crippen LogP contribution in [0.2, 0.25) is 0 Å². The maximum Gasteiger partial charge on any atom is 0.272 e. The van der Waals surface area contributed by atoms with Crippen molar-refractivity contribution in [3.05, 3.63) is 65.5 Å². The van der Waals surface area contributed by atoms with Crippen molar-refractivity contribution in [1.82, 2.24) is 9.88 Å². The summed E-state index contributed by atoms with van der Waals surface area (Å²) in [6.45, 7) is 0.629. The van der Waals surface area contributed by atoms with Crippen LogP contribution in [0.25, 0.3) is 0 Å². The van der Waals surface area contributed by atoms with E-state index in [1.807, 2.05) is 36.4 Å². The van der Waals surface area contributed by atoms with E-state index in [0.29, 0.717) is 17.8 Å². The lowest BCUT2D eigenvalue weighted by Crippen LogP contribution is -2.29. The van der Waals surface area contributed by atoms with Gasteiger partial charge in [-0.3, -0.25) is 4.79 Å². The minimum Gasteiger partial charge on any atom is -0.340 e. The molecule has 0 bridgehead atoms. The summed E-state index contributed by atoms with van der Waals surface area (Å²) in [5.41, 5.74) is 2.01. The van der Waals surface area contributed by atoms with E-state index in [-0.39, 0.29) is 5.91 Å². The molecule has 0 radical (unpaired) electrons. The lowest BCUT2D eigenvalue weighted by atomic mass is 10.1. The smallest absolute Gasteiger partial charge is 0.272 e. The standard InChI is InChI=1S/C16H15N3O/c1-19(10-9-13-5-3-2-4-6-13)16(20)15-8-7-14(11-17)12-18-15/h2-8,12H,9-10H2,1H3. The molecule has 2 aromatic rings. The van der Waals surface area contributed by atoms with Crippen LogP contribution in [0.4, 0.5) is 0 Å². The normalized spacial score (nSPS) is 9.80. The topological polar surface area (TPSA) is 57.0 Å². The summed E-state index contributed by atoms with van der Waals surface area (Å²) in [7, 11) is 1.76. The third kappa shape index (κ3) is 3.42. The fourth-order valence-corrected chi connectivity index (χ4v) is 1.83. The number of rotatable bonds is 4. The van der Waals surface area contributed by atoms with Crippen LogP contribution in [0.15, 0.2) is 48.7 Å². The number of benzene rings is 1. The number of pyridine rings is 1. The Bertz CT molecular complexity index is 614. The molecular weight excluding hydrogens is 250 g/mol. The monoisotopic (exact) mass is 265 g/mol. The molecule has 0 saturated carbocycles. The molecule has 1 amide bonds. The van der Waals surface area contributed by atoms with Crippen LogP contribution in [-0.4, -0.2) is 29.4 Å². The minimum atomic E-state index is -0.134. The van der Waals surface area contributed by atoms with Gasteiger partial charge in [-0.25, -0.2) is 4.98 Å². The molecule has 20 heavy (non-hydrogen) atoms. The number of hydrogen-bond acceptors (Lipinski definition) is 3. The summed E-state index contributed by atoms with van der Waals surface area (Å²) in [5.74, 6) is -0.134. The van der Waals surface area contributed by atoms with Crippen LogP contribution in [-0.2, 0) is 6.42 Å². The molecule has 0 spiro atoms. The van der Waals surface area contributed by atoms with E-state index >= 15 is 0 Å². The van der Waals surface area contributed by atoms with Crippen molar-refractivity contribution in [2.45, 2.75) is 6.42 Å². The molecule has 2 rings (SSSR count). The van der Waals surface area contributed by atoms with Gasteiger partial charge >= 0.3 is 0 Å². The molecule has 1 aromatic carbocycles. The Balaban J connectivity index is 1.96. The maximum atomic E-state index is 12.1. The van der Waals surface area contributed by atoms with E-state index in [9.17, 15) is 4.79 Å². The third-order valence-corrected chi connectivity index (χ3v) is 3.04. The van der Waals surface area contributed by atoms with Gasteiger partial charge in [0, 0.05) is 19.8 Å². The number of likely N-dealkylation sites (N-methyl/N-ethyl adjacent to an activating group) is 1. The fourth-order valence-electron chi connectivity index (χ4n) is 1.83. The Morgan fingerprint density at radius 2 is 2.00 bits per heavy atom. The van der Waals surface area contributed by atoms with Gasteiger partial charge in [-0.2, -0.15) is 5.26 Å². The first-order chi connectivity index (χ1) is 9.70. The maximum absolute atomic E-state index is 12.1. The summed E-state index contributed by atoms with van der Waals surface area (Å²) in [6, 6.07) is 15.2. The van der Waals surface area contributed by atoms with Crippen molar-refractivity contribution in [1.29, 1.82) is 5.26 Å². The van der Waals surface area contributed by atoms with Crippen LogP contribution >= 0.6 is 0 Å². The van der Waals surface area contributed by atoms with Crippen LogP contribution in [0.1, 0.15) is 21.6 Å². The zero-order valence-electron chi connectivity index (χ0n) is 11.3. The molecule has 4 heteroatoms. The van der Waals surface area contributed by atoms with Gasteiger partial charge in [0.05, 0.1) is 5.56 Å². The average molecular weight is 265 g/mol. The van der Waals surface area contributed by atoms with Crippen LogP contribution < -0.4 is 0 Å². The van der Waals surface area contributed by atoms with E-state index in [2.05, 4.69) is 4.98 Å². The average Bonchev–Trinajstić information content (AvgIpc) is 2.53. The highest BCUT2D eigenvalue weighted by Gasteiger charge is 2.12. The molecule has 1 heterocycles. The lowest BCUT2D eigenvalue weighted by molar-refractivity contribution is 0.0791. The first kappa shape index (κ1) is 13.8. The predicted octanol–water partition coefficient (Wildman–Crippen LogP) is 2.27. The minimum absolute atomic E-state index is 0.134. The molecule has 0 fully saturated rings. The molecule has 0 saturated heterocycles. The highest BCUT2D eigenvalue weighted by molar-refractivity contribution is 5.92. The fraction of sp³-hybridized carbons (Fsp3) is 0.188.